The second kappa shape index (κ2) is 6.50. The number of benzene rings is 1. The van der Waals surface area contributed by atoms with Crippen LogP contribution >= 0.6 is 0 Å². The molecule has 0 bridgehead atoms. The molecule has 3 rings (SSSR count). The number of piperidine rings is 1. The van der Waals surface area contributed by atoms with Crippen LogP contribution in [0.15, 0.2) is 29.1 Å². The van der Waals surface area contributed by atoms with E-state index in [9.17, 15) is 9.59 Å². The molecule has 0 saturated carbocycles. The number of hydrogen-bond acceptors (Lipinski definition) is 4. The van der Waals surface area contributed by atoms with Crippen LogP contribution in [0.3, 0.4) is 0 Å². The molecule has 2 heterocycles. The summed E-state index contributed by atoms with van der Waals surface area (Å²) in [5.74, 6) is 0.722. The molecule has 1 aliphatic rings. The average molecular weight is 314 g/mol. The van der Waals surface area contributed by atoms with Crippen LogP contribution in [0.5, 0.6) is 0 Å². The number of nitrogens with two attached hydrogens (primary N) is 1. The number of fused-ring (bicyclic) bond motifs is 1. The Morgan fingerprint density at radius 2 is 2.17 bits per heavy atom. The van der Waals surface area contributed by atoms with Crippen molar-refractivity contribution >= 4 is 16.8 Å². The van der Waals surface area contributed by atoms with Gasteiger partial charge in [-0.3, -0.25) is 19.1 Å². The standard InChI is InChI=1S/C17H22N4O2/c1-12-5-4-8-20(9-12)11-16-19-14-7-3-2-6-13(14)17(23)21(16)10-15(18)22/h2-3,6-7,12H,4-5,8-11H2,1H3,(H2,18,22)/t12-/m0/s1. The van der Waals surface area contributed by atoms with Gasteiger partial charge in [0.05, 0.1) is 17.4 Å². The van der Waals surface area contributed by atoms with Gasteiger partial charge in [0.15, 0.2) is 0 Å². The highest BCUT2D eigenvalue weighted by atomic mass is 16.2. The lowest BCUT2D eigenvalue weighted by Crippen LogP contribution is -2.38. The van der Waals surface area contributed by atoms with Crippen molar-refractivity contribution in [3.63, 3.8) is 0 Å². The Balaban J connectivity index is 2.02. The molecule has 6 heteroatoms. The Hall–Kier alpha value is -2.21. The molecule has 0 aliphatic carbocycles. The zero-order valence-electron chi connectivity index (χ0n) is 13.4. The fraction of sp³-hybridized carbons (Fsp3) is 0.471. The maximum Gasteiger partial charge on any atom is 0.261 e. The van der Waals surface area contributed by atoms with Gasteiger partial charge in [-0.2, -0.15) is 0 Å². The number of primary amides is 1. The largest absolute Gasteiger partial charge is 0.368 e. The molecule has 1 aromatic heterocycles. The fourth-order valence-electron chi connectivity index (χ4n) is 3.28. The lowest BCUT2D eigenvalue weighted by molar-refractivity contribution is -0.118. The second-order valence-corrected chi connectivity index (χ2v) is 6.39. The summed E-state index contributed by atoms with van der Waals surface area (Å²) in [5.41, 5.74) is 5.79. The summed E-state index contributed by atoms with van der Waals surface area (Å²) < 4.78 is 1.42. The zero-order chi connectivity index (χ0) is 16.4. The van der Waals surface area contributed by atoms with Crippen LogP contribution in [0, 0.1) is 5.92 Å². The summed E-state index contributed by atoms with van der Waals surface area (Å²) in [6.45, 7) is 4.65. The molecule has 6 nitrogen and oxygen atoms in total. The van der Waals surface area contributed by atoms with Crippen LogP contribution in [0.2, 0.25) is 0 Å². The molecule has 1 saturated heterocycles. The van der Waals surface area contributed by atoms with E-state index in [1.54, 1.807) is 12.1 Å². The molecular formula is C17H22N4O2. The third-order valence-electron chi connectivity index (χ3n) is 4.36. The van der Waals surface area contributed by atoms with Crippen LogP contribution in [-0.4, -0.2) is 33.4 Å². The molecule has 2 N–H and O–H groups in total. The van der Waals surface area contributed by atoms with Crippen molar-refractivity contribution in [2.45, 2.75) is 32.9 Å². The van der Waals surface area contributed by atoms with Crippen molar-refractivity contribution < 1.29 is 4.79 Å². The van der Waals surface area contributed by atoms with Crippen molar-refractivity contribution in [3.8, 4) is 0 Å². The quantitative estimate of drug-likeness (QED) is 0.917. The van der Waals surface area contributed by atoms with E-state index in [1.807, 2.05) is 12.1 Å². The molecule has 2 aromatic rings. The predicted octanol–water partition coefficient (Wildman–Crippen LogP) is 1.11. The first-order valence-corrected chi connectivity index (χ1v) is 8.03. The Morgan fingerprint density at radius 1 is 1.39 bits per heavy atom. The lowest BCUT2D eigenvalue weighted by Gasteiger charge is -2.31. The highest BCUT2D eigenvalue weighted by Gasteiger charge is 2.20. The molecule has 1 aliphatic heterocycles. The molecular weight excluding hydrogens is 292 g/mol. The fourth-order valence-corrected chi connectivity index (χ4v) is 3.28. The number of amides is 1. The molecule has 122 valence electrons. The summed E-state index contributed by atoms with van der Waals surface area (Å²) in [6, 6.07) is 7.22. The number of carbonyl (C=O) groups excluding carboxylic acids is 1. The smallest absolute Gasteiger partial charge is 0.261 e. The number of para-hydroxylation sites is 1. The Kier molecular flexibility index (Phi) is 4.43. The molecule has 1 fully saturated rings. The molecule has 1 atom stereocenters. The van der Waals surface area contributed by atoms with Crippen LogP contribution in [0.25, 0.3) is 10.9 Å². The Bertz CT molecular complexity index is 784. The van der Waals surface area contributed by atoms with E-state index in [-0.39, 0.29) is 12.1 Å². The van der Waals surface area contributed by atoms with Gasteiger partial charge in [0, 0.05) is 6.54 Å². The summed E-state index contributed by atoms with van der Waals surface area (Å²) in [7, 11) is 0. The lowest BCUT2D eigenvalue weighted by atomic mass is 10.0. The third kappa shape index (κ3) is 3.42. The molecule has 1 aromatic carbocycles. The first-order valence-electron chi connectivity index (χ1n) is 8.03. The topological polar surface area (TPSA) is 81.2 Å². The zero-order valence-corrected chi connectivity index (χ0v) is 13.4. The van der Waals surface area contributed by atoms with Crippen LogP contribution in [0.1, 0.15) is 25.6 Å². The van der Waals surface area contributed by atoms with E-state index >= 15 is 0 Å². The van der Waals surface area contributed by atoms with Gasteiger partial charge in [0.25, 0.3) is 5.56 Å². The van der Waals surface area contributed by atoms with Gasteiger partial charge in [0.1, 0.15) is 12.4 Å². The summed E-state index contributed by atoms with van der Waals surface area (Å²) >= 11 is 0. The maximum absolute atomic E-state index is 12.7. The van der Waals surface area contributed by atoms with Gasteiger partial charge in [-0.25, -0.2) is 4.98 Å². The maximum atomic E-state index is 12.7. The summed E-state index contributed by atoms with van der Waals surface area (Å²) in [5, 5.41) is 0.518. The van der Waals surface area contributed by atoms with Crippen molar-refractivity contribution in [1.82, 2.24) is 14.5 Å². The number of rotatable bonds is 4. The van der Waals surface area contributed by atoms with Gasteiger partial charge >= 0.3 is 0 Å². The summed E-state index contributed by atoms with van der Waals surface area (Å²) in [6.07, 6.45) is 2.38. The predicted molar refractivity (Wildman–Crippen MR) is 88.9 cm³/mol. The van der Waals surface area contributed by atoms with E-state index in [2.05, 4.69) is 16.8 Å². The SMILES string of the molecule is C[C@H]1CCCN(Cc2nc3ccccc3c(=O)n2CC(N)=O)C1. The number of carbonyl (C=O) groups is 1. The molecule has 0 unspecified atom stereocenters. The number of nitrogens with zero attached hydrogens (tertiary/aromatic N) is 3. The molecule has 23 heavy (non-hydrogen) atoms. The number of hydrogen-bond donors (Lipinski definition) is 1. The second-order valence-electron chi connectivity index (χ2n) is 6.39. The normalized spacial score (nSPS) is 19.1. The van der Waals surface area contributed by atoms with Gasteiger partial charge in [-0.05, 0) is 37.4 Å². The van der Waals surface area contributed by atoms with Gasteiger partial charge in [0.2, 0.25) is 5.91 Å². The van der Waals surface area contributed by atoms with Crippen molar-refractivity contribution in [2.75, 3.05) is 13.1 Å². The first-order chi connectivity index (χ1) is 11.0. The molecule has 0 spiro atoms. The molecule has 1 amide bonds. The summed E-state index contributed by atoms with van der Waals surface area (Å²) in [4.78, 5) is 31.0. The highest BCUT2D eigenvalue weighted by molar-refractivity contribution is 5.78. The minimum absolute atomic E-state index is 0.130. The van der Waals surface area contributed by atoms with E-state index in [1.165, 1.54) is 11.0 Å². The van der Waals surface area contributed by atoms with E-state index in [0.717, 1.165) is 19.5 Å². The van der Waals surface area contributed by atoms with Crippen molar-refractivity contribution in [2.24, 2.45) is 11.7 Å². The van der Waals surface area contributed by atoms with Crippen LogP contribution < -0.4 is 11.3 Å². The minimum Gasteiger partial charge on any atom is -0.368 e. The van der Waals surface area contributed by atoms with Gasteiger partial charge in [-0.1, -0.05) is 19.1 Å². The van der Waals surface area contributed by atoms with Gasteiger partial charge in [-0.15, -0.1) is 0 Å². The average Bonchev–Trinajstić information content (AvgIpc) is 2.51. The van der Waals surface area contributed by atoms with E-state index in [0.29, 0.717) is 29.2 Å². The highest BCUT2D eigenvalue weighted by Crippen LogP contribution is 2.18. The Labute approximate surface area is 134 Å². The minimum atomic E-state index is -0.530. The number of aromatic nitrogens is 2. The van der Waals surface area contributed by atoms with Crippen molar-refractivity contribution in [3.05, 3.63) is 40.4 Å². The van der Waals surface area contributed by atoms with E-state index in [4.69, 9.17) is 5.73 Å². The number of likely N-dealkylation sites (tertiary alicyclic amines) is 1. The van der Waals surface area contributed by atoms with Crippen LogP contribution in [0.4, 0.5) is 0 Å². The van der Waals surface area contributed by atoms with Crippen molar-refractivity contribution in [1.29, 1.82) is 0 Å². The monoisotopic (exact) mass is 314 g/mol. The first kappa shape index (κ1) is 15.7. The van der Waals surface area contributed by atoms with Crippen LogP contribution in [-0.2, 0) is 17.9 Å². The Morgan fingerprint density at radius 3 is 2.91 bits per heavy atom. The third-order valence-corrected chi connectivity index (χ3v) is 4.36. The molecule has 0 radical (unpaired) electrons. The van der Waals surface area contributed by atoms with Gasteiger partial charge < -0.3 is 5.73 Å². The van der Waals surface area contributed by atoms with E-state index < -0.39 is 5.91 Å².